The first kappa shape index (κ1) is 18.6. The van der Waals surface area contributed by atoms with Crippen molar-refractivity contribution in [3.63, 3.8) is 0 Å². The molecule has 1 fully saturated rings. The Kier molecular flexibility index (Phi) is 7.87. The molecule has 0 atom stereocenters. The van der Waals surface area contributed by atoms with Crippen molar-refractivity contribution in [2.75, 3.05) is 6.61 Å². The first-order valence-corrected chi connectivity index (χ1v) is 9.32. The first-order chi connectivity index (χ1) is 11.7. The van der Waals surface area contributed by atoms with Crippen LogP contribution in [0.15, 0.2) is 36.4 Å². The van der Waals surface area contributed by atoms with Crippen molar-refractivity contribution in [1.82, 2.24) is 0 Å². The maximum Gasteiger partial charge on any atom is 0.335 e. The Morgan fingerprint density at radius 2 is 1.88 bits per heavy atom. The van der Waals surface area contributed by atoms with Crippen LogP contribution in [0.2, 0.25) is 0 Å². The van der Waals surface area contributed by atoms with E-state index in [1.54, 1.807) is 24.3 Å². The number of rotatable bonds is 9. The predicted molar refractivity (Wildman–Crippen MR) is 97.6 cm³/mol. The highest BCUT2D eigenvalue weighted by Gasteiger charge is 2.18. The van der Waals surface area contributed by atoms with E-state index in [1.165, 1.54) is 51.4 Å². The monoisotopic (exact) mass is 330 g/mol. The maximum absolute atomic E-state index is 10.8. The van der Waals surface area contributed by atoms with Gasteiger partial charge in [-0.25, -0.2) is 4.79 Å². The number of allylic oxidation sites excluding steroid dienone is 1. The zero-order chi connectivity index (χ0) is 17.2. The van der Waals surface area contributed by atoms with Gasteiger partial charge in [0.25, 0.3) is 0 Å². The van der Waals surface area contributed by atoms with E-state index in [9.17, 15) is 4.79 Å². The lowest BCUT2D eigenvalue weighted by atomic mass is 9.79. The van der Waals surface area contributed by atoms with Crippen LogP contribution >= 0.6 is 0 Å². The lowest BCUT2D eigenvalue weighted by Crippen LogP contribution is -2.13. The summed E-state index contributed by atoms with van der Waals surface area (Å²) in [7, 11) is 0. The molecule has 1 aliphatic rings. The summed E-state index contributed by atoms with van der Waals surface area (Å²) in [5.41, 5.74) is 0.286. The van der Waals surface area contributed by atoms with E-state index in [-0.39, 0.29) is 5.56 Å². The summed E-state index contributed by atoms with van der Waals surface area (Å²) in [4.78, 5) is 10.8. The zero-order valence-corrected chi connectivity index (χ0v) is 14.7. The highest BCUT2D eigenvalue weighted by Crippen LogP contribution is 2.32. The second-order valence-electron chi connectivity index (χ2n) is 6.85. The summed E-state index contributed by atoms with van der Waals surface area (Å²) in [6, 6.07) is 6.56. The van der Waals surface area contributed by atoms with Crippen molar-refractivity contribution < 1.29 is 14.6 Å². The normalized spacial score (nSPS) is 21.0. The fourth-order valence-corrected chi connectivity index (χ4v) is 3.44. The van der Waals surface area contributed by atoms with Crippen molar-refractivity contribution >= 4 is 5.97 Å². The van der Waals surface area contributed by atoms with Gasteiger partial charge in [-0.2, -0.15) is 0 Å². The van der Waals surface area contributed by atoms with E-state index in [0.29, 0.717) is 18.3 Å². The Bertz CT molecular complexity index is 510. The minimum Gasteiger partial charge on any atom is -0.490 e. The molecule has 3 nitrogen and oxygen atoms in total. The molecule has 0 radical (unpaired) electrons. The van der Waals surface area contributed by atoms with E-state index in [0.717, 1.165) is 5.92 Å². The maximum atomic E-state index is 10.8. The van der Waals surface area contributed by atoms with Gasteiger partial charge in [0, 0.05) is 0 Å². The number of hydrogen-bond acceptors (Lipinski definition) is 2. The third-order valence-corrected chi connectivity index (χ3v) is 4.96. The SMILES string of the molecule is CCCCC[C@H]1CC[C@H](/C=C/COc2ccc(C(=O)O)cc2)CC1. The second-order valence-corrected chi connectivity index (χ2v) is 6.85. The molecule has 0 unspecified atom stereocenters. The van der Waals surface area contributed by atoms with Crippen LogP contribution in [0.5, 0.6) is 5.75 Å². The lowest BCUT2D eigenvalue weighted by Gasteiger charge is -2.26. The predicted octanol–water partition coefficient (Wildman–Crippen LogP) is 5.71. The average molecular weight is 330 g/mol. The Balaban J connectivity index is 1.63. The summed E-state index contributed by atoms with van der Waals surface area (Å²) in [5, 5.41) is 8.86. The van der Waals surface area contributed by atoms with Gasteiger partial charge in [-0.1, -0.05) is 44.8 Å². The van der Waals surface area contributed by atoms with Crippen molar-refractivity contribution in [3.05, 3.63) is 42.0 Å². The highest BCUT2D eigenvalue weighted by molar-refractivity contribution is 5.87. The number of aromatic carboxylic acids is 1. The van der Waals surface area contributed by atoms with Gasteiger partial charge in [0.2, 0.25) is 0 Å². The first-order valence-electron chi connectivity index (χ1n) is 9.32. The van der Waals surface area contributed by atoms with Gasteiger partial charge >= 0.3 is 5.97 Å². The van der Waals surface area contributed by atoms with Crippen LogP contribution in [0.25, 0.3) is 0 Å². The van der Waals surface area contributed by atoms with E-state index < -0.39 is 5.97 Å². The van der Waals surface area contributed by atoms with Crippen molar-refractivity contribution in [1.29, 1.82) is 0 Å². The van der Waals surface area contributed by atoms with Crippen LogP contribution in [-0.2, 0) is 0 Å². The van der Waals surface area contributed by atoms with Crippen molar-refractivity contribution in [2.45, 2.75) is 58.3 Å². The molecule has 1 saturated carbocycles. The zero-order valence-electron chi connectivity index (χ0n) is 14.7. The quantitative estimate of drug-likeness (QED) is 0.466. The third-order valence-electron chi connectivity index (χ3n) is 4.96. The van der Waals surface area contributed by atoms with Crippen LogP contribution < -0.4 is 4.74 Å². The Morgan fingerprint density at radius 3 is 2.50 bits per heavy atom. The number of unbranched alkanes of at least 4 members (excludes halogenated alkanes) is 2. The van der Waals surface area contributed by atoms with Gasteiger partial charge in [-0.15, -0.1) is 0 Å². The molecule has 24 heavy (non-hydrogen) atoms. The number of benzene rings is 1. The minimum absolute atomic E-state index is 0.286. The summed E-state index contributed by atoms with van der Waals surface area (Å²) < 4.78 is 5.64. The average Bonchev–Trinajstić information content (AvgIpc) is 2.60. The van der Waals surface area contributed by atoms with E-state index in [2.05, 4.69) is 19.1 Å². The molecular weight excluding hydrogens is 300 g/mol. The fraction of sp³-hybridized carbons (Fsp3) is 0.571. The van der Waals surface area contributed by atoms with Crippen LogP contribution in [-0.4, -0.2) is 17.7 Å². The molecule has 0 aliphatic heterocycles. The standard InChI is InChI=1S/C21H30O3/c1-2-3-4-6-17-8-10-18(11-9-17)7-5-16-24-20-14-12-19(13-15-20)21(22)23/h5,7,12-15,17-18H,2-4,6,8-11,16H2,1H3,(H,22,23)/b7-5+/t17-,18-. The fourth-order valence-electron chi connectivity index (χ4n) is 3.44. The largest absolute Gasteiger partial charge is 0.490 e. The van der Waals surface area contributed by atoms with Gasteiger partial charge < -0.3 is 9.84 Å². The topological polar surface area (TPSA) is 46.5 Å². The molecule has 3 heteroatoms. The molecule has 1 N–H and O–H groups in total. The van der Waals surface area contributed by atoms with Crippen LogP contribution in [0.3, 0.4) is 0 Å². The van der Waals surface area contributed by atoms with Gasteiger partial charge in [0.1, 0.15) is 12.4 Å². The molecule has 0 spiro atoms. The van der Waals surface area contributed by atoms with E-state index in [1.807, 2.05) is 0 Å². The summed E-state index contributed by atoms with van der Waals surface area (Å²) in [6.45, 7) is 2.81. The molecule has 0 bridgehead atoms. The number of carboxylic acid groups (broad SMARTS) is 1. The van der Waals surface area contributed by atoms with Gasteiger partial charge in [0.05, 0.1) is 5.56 Å². The second kappa shape index (κ2) is 10.2. The summed E-state index contributed by atoms with van der Waals surface area (Å²) in [5.74, 6) is 1.45. The Morgan fingerprint density at radius 1 is 1.17 bits per heavy atom. The van der Waals surface area contributed by atoms with E-state index >= 15 is 0 Å². The van der Waals surface area contributed by atoms with E-state index in [4.69, 9.17) is 9.84 Å². The van der Waals surface area contributed by atoms with Crippen LogP contribution in [0, 0.1) is 11.8 Å². The molecule has 0 saturated heterocycles. The summed E-state index contributed by atoms with van der Waals surface area (Å²) >= 11 is 0. The minimum atomic E-state index is -0.910. The Labute approximate surface area is 145 Å². The smallest absolute Gasteiger partial charge is 0.335 e. The molecule has 132 valence electrons. The lowest BCUT2D eigenvalue weighted by molar-refractivity contribution is 0.0697. The summed E-state index contributed by atoms with van der Waals surface area (Å²) in [6.07, 6.45) is 15.3. The van der Waals surface area contributed by atoms with Crippen molar-refractivity contribution in [2.24, 2.45) is 11.8 Å². The van der Waals surface area contributed by atoms with Crippen molar-refractivity contribution in [3.8, 4) is 5.75 Å². The number of ether oxygens (including phenoxy) is 1. The molecule has 0 aromatic heterocycles. The third kappa shape index (κ3) is 6.38. The molecule has 1 aromatic carbocycles. The molecule has 0 heterocycles. The molecule has 1 aliphatic carbocycles. The van der Waals surface area contributed by atoms with Crippen LogP contribution in [0.1, 0.15) is 68.6 Å². The van der Waals surface area contributed by atoms with Crippen LogP contribution in [0.4, 0.5) is 0 Å². The molecule has 2 rings (SSSR count). The van der Waals surface area contributed by atoms with Gasteiger partial charge in [-0.3, -0.25) is 0 Å². The molecular formula is C21H30O3. The molecule has 1 aromatic rings. The molecule has 0 amide bonds. The highest BCUT2D eigenvalue weighted by atomic mass is 16.5. The van der Waals surface area contributed by atoms with Gasteiger partial charge in [0.15, 0.2) is 0 Å². The number of carboxylic acids is 1. The van der Waals surface area contributed by atoms with Gasteiger partial charge in [-0.05, 0) is 61.8 Å². The Hall–Kier alpha value is -1.77. The number of hydrogen-bond donors (Lipinski definition) is 1. The number of carbonyl (C=O) groups is 1.